The summed E-state index contributed by atoms with van der Waals surface area (Å²) >= 11 is 0. The molecule has 3 nitrogen and oxygen atoms in total. The minimum atomic E-state index is 0.427. The summed E-state index contributed by atoms with van der Waals surface area (Å²) < 4.78 is 5.71. The number of likely N-dealkylation sites (tertiary alicyclic amines) is 1. The van der Waals surface area contributed by atoms with E-state index in [2.05, 4.69) is 24.1 Å². The fourth-order valence-corrected chi connectivity index (χ4v) is 4.07. The highest BCUT2D eigenvalue weighted by atomic mass is 16.5. The third-order valence-electron chi connectivity index (χ3n) is 5.39. The fraction of sp³-hybridized carbons (Fsp3) is 1.00. The molecule has 20 heavy (non-hydrogen) atoms. The highest BCUT2D eigenvalue weighted by molar-refractivity contribution is 4.90. The average molecular weight is 282 g/mol. The van der Waals surface area contributed by atoms with Gasteiger partial charge in [0.05, 0.1) is 6.10 Å². The number of ether oxygens (including phenoxy) is 1. The van der Waals surface area contributed by atoms with Gasteiger partial charge in [-0.25, -0.2) is 0 Å². The maximum atomic E-state index is 5.71. The molecular formula is C17H34N2O. The van der Waals surface area contributed by atoms with Gasteiger partial charge < -0.3 is 10.1 Å². The quantitative estimate of drug-likeness (QED) is 0.858. The van der Waals surface area contributed by atoms with Crippen LogP contribution in [0.4, 0.5) is 0 Å². The maximum Gasteiger partial charge on any atom is 0.0724 e. The molecule has 0 amide bonds. The second kappa shape index (κ2) is 8.35. The first kappa shape index (κ1) is 16.3. The molecule has 2 fully saturated rings. The first-order chi connectivity index (χ1) is 9.76. The van der Waals surface area contributed by atoms with Gasteiger partial charge in [-0.05, 0) is 38.3 Å². The molecule has 1 saturated heterocycles. The largest absolute Gasteiger partial charge is 0.380 e. The summed E-state index contributed by atoms with van der Waals surface area (Å²) in [7, 11) is 1.88. The number of piperidine rings is 1. The monoisotopic (exact) mass is 282 g/mol. The average Bonchev–Trinajstić information content (AvgIpc) is 2.43. The van der Waals surface area contributed by atoms with Crippen LogP contribution in [0.1, 0.15) is 58.8 Å². The summed E-state index contributed by atoms with van der Waals surface area (Å²) in [6, 6.07) is 1.41. The van der Waals surface area contributed by atoms with Gasteiger partial charge in [0.25, 0.3) is 0 Å². The Morgan fingerprint density at radius 1 is 1.10 bits per heavy atom. The highest BCUT2D eigenvalue weighted by Crippen LogP contribution is 2.27. The molecular weight excluding hydrogens is 248 g/mol. The van der Waals surface area contributed by atoms with Gasteiger partial charge in [0.1, 0.15) is 0 Å². The fourth-order valence-electron chi connectivity index (χ4n) is 4.07. The number of rotatable bonds is 4. The SMILES string of the molecule is CCNC1CCCCCCC1N1CCC(C)C(OC)C1. The molecule has 1 saturated carbocycles. The minimum Gasteiger partial charge on any atom is -0.380 e. The normalized spacial score (nSPS) is 37.4. The van der Waals surface area contributed by atoms with Crippen LogP contribution < -0.4 is 5.32 Å². The van der Waals surface area contributed by atoms with Crippen LogP contribution in [0.2, 0.25) is 0 Å². The Morgan fingerprint density at radius 3 is 2.55 bits per heavy atom. The van der Waals surface area contributed by atoms with E-state index in [1.54, 1.807) is 0 Å². The van der Waals surface area contributed by atoms with Crippen LogP contribution in [-0.2, 0) is 4.74 Å². The van der Waals surface area contributed by atoms with Crippen LogP contribution in [0.3, 0.4) is 0 Å². The lowest BCUT2D eigenvalue weighted by Gasteiger charge is -2.44. The van der Waals surface area contributed by atoms with Crippen molar-refractivity contribution in [2.45, 2.75) is 77.0 Å². The Labute approximate surface area is 125 Å². The van der Waals surface area contributed by atoms with Crippen molar-refractivity contribution in [3.63, 3.8) is 0 Å². The van der Waals surface area contributed by atoms with Crippen LogP contribution in [0.5, 0.6) is 0 Å². The molecule has 0 aromatic carbocycles. The van der Waals surface area contributed by atoms with Crippen molar-refractivity contribution in [2.75, 3.05) is 26.7 Å². The van der Waals surface area contributed by atoms with Gasteiger partial charge in [-0.2, -0.15) is 0 Å². The summed E-state index contributed by atoms with van der Waals surface area (Å²) in [5.41, 5.74) is 0. The smallest absolute Gasteiger partial charge is 0.0724 e. The second-order valence-corrected chi connectivity index (χ2v) is 6.76. The Balaban J connectivity index is 2.00. The van der Waals surface area contributed by atoms with Crippen LogP contribution in [0.25, 0.3) is 0 Å². The first-order valence-corrected chi connectivity index (χ1v) is 8.76. The molecule has 0 aromatic rings. The van der Waals surface area contributed by atoms with E-state index < -0.39 is 0 Å². The molecule has 118 valence electrons. The molecule has 0 spiro atoms. The molecule has 3 heteroatoms. The number of methoxy groups -OCH3 is 1. The van der Waals surface area contributed by atoms with Gasteiger partial charge in [-0.1, -0.05) is 39.5 Å². The zero-order chi connectivity index (χ0) is 14.4. The van der Waals surface area contributed by atoms with E-state index in [0.29, 0.717) is 18.1 Å². The summed E-state index contributed by atoms with van der Waals surface area (Å²) in [4.78, 5) is 2.73. The van der Waals surface area contributed by atoms with E-state index in [1.165, 1.54) is 51.5 Å². The molecule has 0 aromatic heterocycles. The van der Waals surface area contributed by atoms with Gasteiger partial charge in [0.15, 0.2) is 0 Å². The zero-order valence-corrected chi connectivity index (χ0v) is 13.7. The van der Waals surface area contributed by atoms with E-state index in [1.807, 2.05) is 7.11 Å². The van der Waals surface area contributed by atoms with E-state index in [9.17, 15) is 0 Å². The van der Waals surface area contributed by atoms with Gasteiger partial charge >= 0.3 is 0 Å². The minimum absolute atomic E-state index is 0.427. The van der Waals surface area contributed by atoms with Gasteiger partial charge in [-0.3, -0.25) is 4.90 Å². The zero-order valence-electron chi connectivity index (χ0n) is 13.7. The number of nitrogens with zero attached hydrogens (tertiary/aromatic N) is 1. The summed E-state index contributed by atoms with van der Waals surface area (Å²) in [5, 5.41) is 3.76. The maximum absolute atomic E-state index is 5.71. The summed E-state index contributed by atoms with van der Waals surface area (Å²) in [6.45, 7) is 8.06. The Hall–Kier alpha value is -0.120. The molecule has 4 atom stereocenters. The van der Waals surface area contributed by atoms with Gasteiger partial charge in [-0.15, -0.1) is 0 Å². The predicted octanol–water partition coefficient (Wildman–Crippen LogP) is 3.04. The third kappa shape index (κ3) is 4.19. The Kier molecular flexibility index (Phi) is 6.79. The molecule has 1 N–H and O–H groups in total. The van der Waals surface area contributed by atoms with Crippen molar-refractivity contribution >= 4 is 0 Å². The van der Waals surface area contributed by atoms with E-state index in [0.717, 1.165) is 19.1 Å². The topological polar surface area (TPSA) is 24.5 Å². The lowest BCUT2D eigenvalue weighted by molar-refractivity contribution is -0.0274. The van der Waals surface area contributed by atoms with Gasteiger partial charge in [0, 0.05) is 25.7 Å². The van der Waals surface area contributed by atoms with Crippen LogP contribution in [0.15, 0.2) is 0 Å². The number of nitrogens with one attached hydrogen (secondary N) is 1. The number of likely N-dealkylation sites (N-methyl/N-ethyl adjacent to an activating group) is 1. The molecule has 2 aliphatic rings. The van der Waals surface area contributed by atoms with Crippen LogP contribution in [-0.4, -0.2) is 49.8 Å². The molecule has 1 heterocycles. The number of hydrogen-bond acceptors (Lipinski definition) is 3. The van der Waals surface area contributed by atoms with Crippen molar-refractivity contribution in [1.29, 1.82) is 0 Å². The third-order valence-corrected chi connectivity index (χ3v) is 5.39. The molecule has 1 aliphatic heterocycles. The summed E-state index contributed by atoms with van der Waals surface area (Å²) in [5.74, 6) is 0.711. The van der Waals surface area contributed by atoms with Crippen LogP contribution >= 0.6 is 0 Å². The van der Waals surface area contributed by atoms with Crippen LogP contribution in [0, 0.1) is 5.92 Å². The van der Waals surface area contributed by atoms with Crippen molar-refractivity contribution in [3.8, 4) is 0 Å². The van der Waals surface area contributed by atoms with Crippen molar-refractivity contribution in [1.82, 2.24) is 10.2 Å². The standard InChI is InChI=1S/C17H34N2O/c1-4-18-15-9-7-5-6-8-10-16(15)19-12-11-14(2)17(13-19)20-3/h14-18H,4-13H2,1-3H3. The Morgan fingerprint density at radius 2 is 1.85 bits per heavy atom. The number of hydrogen-bond donors (Lipinski definition) is 1. The molecule has 0 radical (unpaired) electrons. The second-order valence-electron chi connectivity index (χ2n) is 6.76. The van der Waals surface area contributed by atoms with Gasteiger partial charge in [0.2, 0.25) is 0 Å². The van der Waals surface area contributed by atoms with E-state index in [-0.39, 0.29) is 0 Å². The lowest BCUT2D eigenvalue weighted by Crippen LogP contribution is -2.56. The predicted molar refractivity (Wildman–Crippen MR) is 85.1 cm³/mol. The lowest BCUT2D eigenvalue weighted by atomic mass is 9.88. The highest BCUT2D eigenvalue weighted by Gasteiger charge is 2.33. The molecule has 4 unspecified atom stereocenters. The first-order valence-electron chi connectivity index (χ1n) is 8.76. The van der Waals surface area contributed by atoms with Crippen molar-refractivity contribution in [3.05, 3.63) is 0 Å². The molecule has 1 aliphatic carbocycles. The molecule has 2 rings (SSSR count). The summed E-state index contributed by atoms with van der Waals surface area (Å²) in [6.07, 6.45) is 10.1. The van der Waals surface area contributed by atoms with E-state index in [4.69, 9.17) is 4.74 Å². The van der Waals surface area contributed by atoms with E-state index >= 15 is 0 Å². The van der Waals surface area contributed by atoms with Crippen molar-refractivity contribution < 1.29 is 4.74 Å². The van der Waals surface area contributed by atoms with Crippen molar-refractivity contribution in [2.24, 2.45) is 5.92 Å². The molecule has 0 bridgehead atoms. The Bertz CT molecular complexity index is 272.